The summed E-state index contributed by atoms with van der Waals surface area (Å²) >= 11 is 0. The van der Waals surface area contributed by atoms with E-state index >= 15 is 0 Å². The topological polar surface area (TPSA) is 117 Å². The molecule has 1 aliphatic rings. The largest absolute Gasteiger partial charge is 0.469 e. The van der Waals surface area contributed by atoms with Crippen molar-refractivity contribution in [2.45, 2.75) is 38.5 Å². The molecule has 0 aromatic rings. The van der Waals surface area contributed by atoms with Gasteiger partial charge >= 0.3 is 12.1 Å². The maximum Gasteiger partial charge on any atom is 0.417 e. The van der Waals surface area contributed by atoms with Crippen LogP contribution in [0, 0.1) is 23.2 Å². The van der Waals surface area contributed by atoms with E-state index < -0.39 is 41.6 Å². The highest BCUT2D eigenvalue weighted by atomic mass is 16.6. The number of imide groups is 1. The molecule has 0 heterocycles. The van der Waals surface area contributed by atoms with E-state index in [0.717, 1.165) is 7.11 Å². The van der Waals surface area contributed by atoms with Crippen molar-refractivity contribution < 1.29 is 29.0 Å². The maximum atomic E-state index is 11.9. The number of amides is 2. The van der Waals surface area contributed by atoms with Crippen molar-refractivity contribution in [1.29, 1.82) is 5.26 Å². The molecule has 0 saturated heterocycles. The SMILES string of the molecule is COC(=O)[C@H]1[C@H]([C@@H](O)C#N)[C@@H]1N(C=O)C(=O)OC(C)(C)C. The van der Waals surface area contributed by atoms with Gasteiger partial charge in [0, 0.05) is 5.92 Å². The smallest absolute Gasteiger partial charge is 0.417 e. The summed E-state index contributed by atoms with van der Waals surface area (Å²) in [5.41, 5.74) is -0.822. The number of aliphatic hydroxyl groups excluding tert-OH is 1. The molecule has 8 nitrogen and oxygen atoms in total. The normalized spacial score (nSPS) is 25.2. The molecule has 0 radical (unpaired) electrons. The van der Waals surface area contributed by atoms with Gasteiger partial charge in [-0.1, -0.05) is 0 Å². The van der Waals surface area contributed by atoms with Gasteiger partial charge in [-0.3, -0.25) is 9.59 Å². The summed E-state index contributed by atoms with van der Waals surface area (Å²) in [6, 6.07) is 0.640. The zero-order valence-electron chi connectivity index (χ0n) is 12.3. The van der Waals surface area contributed by atoms with E-state index in [0.29, 0.717) is 4.90 Å². The standard InChI is InChI=1S/C13H18N2O6/c1-13(2,3)21-12(19)15(6-16)10-8(7(17)5-14)9(10)11(18)20-4/h6-10,17H,1-4H3/t7-,8-,9-,10-/m0/s1. The molecule has 1 aliphatic carbocycles. The first kappa shape index (κ1) is 16.9. The van der Waals surface area contributed by atoms with Crippen LogP contribution >= 0.6 is 0 Å². The molecule has 1 fully saturated rings. The van der Waals surface area contributed by atoms with E-state index in [1.54, 1.807) is 26.8 Å². The fraction of sp³-hybridized carbons (Fsp3) is 0.692. The number of aliphatic hydroxyl groups is 1. The predicted octanol–water partition coefficient (Wildman–Crippen LogP) is 0.0520. The molecule has 0 aromatic heterocycles. The van der Waals surface area contributed by atoms with Gasteiger partial charge in [0.2, 0.25) is 6.41 Å². The van der Waals surface area contributed by atoms with Crippen molar-refractivity contribution in [3.63, 3.8) is 0 Å². The summed E-state index contributed by atoms with van der Waals surface area (Å²) in [5, 5.41) is 18.3. The van der Waals surface area contributed by atoms with Gasteiger partial charge in [0.25, 0.3) is 0 Å². The summed E-state index contributed by atoms with van der Waals surface area (Å²) in [5.74, 6) is -2.50. The van der Waals surface area contributed by atoms with Gasteiger partial charge < -0.3 is 14.6 Å². The van der Waals surface area contributed by atoms with Crippen LogP contribution in [-0.2, 0) is 19.1 Å². The lowest BCUT2D eigenvalue weighted by Crippen LogP contribution is -2.39. The average molecular weight is 298 g/mol. The second kappa shape index (κ2) is 6.10. The molecule has 1 rings (SSSR count). The quantitative estimate of drug-likeness (QED) is 0.442. The van der Waals surface area contributed by atoms with E-state index in [9.17, 15) is 19.5 Å². The van der Waals surface area contributed by atoms with Crippen LogP contribution in [0.4, 0.5) is 4.79 Å². The summed E-state index contributed by atoms with van der Waals surface area (Å²) in [7, 11) is 1.15. The number of nitrogens with zero attached hydrogens (tertiary/aromatic N) is 2. The molecule has 8 heteroatoms. The number of hydrogen-bond acceptors (Lipinski definition) is 7. The van der Waals surface area contributed by atoms with Crippen LogP contribution in [0.5, 0.6) is 0 Å². The Kier molecular flexibility index (Phi) is 4.91. The maximum absolute atomic E-state index is 11.9. The van der Waals surface area contributed by atoms with Crippen molar-refractivity contribution in [1.82, 2.24) is 4.90 Å². The number of methoxy groups -OCH3 is 1. The van der Waals surface area contributed by atoms with Crippen molar-refractivity contribution in [2.75, 3.05) is 7.11 Å². The van der Waals surface area contributed by atoms with Crippen LogP contribution in [0.1, 0.15) is 20.8 Å². The molecule has 0 spiro atoms. The molecule has 21 heavy (non-hydrogen) atoms. The van der Waals surface area contributed by atoms with E-state index in [-0.39, 0.29) is 6.41 Å². The number of rotatable bonds is 4. The van der Waals surface area contributed by atoms with E-state index in [1.165, 1.54) is 0 Å². The molecule has 0 bridgehead atoms. The zero-order valence-corrected chi connectivity index (χ0v) is 12.3. The van der Waals surface area contributed by atoms with E-state index in [2.05, 4.69) is 4.74 Å². The van der Waals surface area contributed by atoms with Crippen molar-refractivity contribution in [2.24, 2.45) is 11.8 Å². The van der Waals surface area contributed by atoms with Crippen molar-refractivity contribution in [3.8, 4) is 6.07 Å². The second-order valence-electron chi connectivity index (χ2n) is 5.68. The third kappa shape index (κ3) is 3.70. The minimum atomic E-state index is -1.48. The van der Waals surface area contributed by atoms with Gasteiger partial charge in [0.15, 0.2) is 0 Å². The Morgan fingerprint density at radius 2 is 2.00 bits per heavy atom. The van der Waals surface area contributed by atoms with Gasteiger partial charge in [-0.15, -0.1) is 0 Å². The molecule has 1 N–H and O–H groups in total. The summed E-state index contributed by atoms with van der Waals surface area (Å²) < 4.78 is 9.61. The number of esters is 1. The van der Waals surface area contributed by atoms with E-state index in [4.69, 9.17) is 10.00 Å². The highest BCUT2D eigenvalue weighted by molar-refractivity contribution is 5.86. The number of nitriles is 1. The van der Waals surface area contributed by atoms with Crippen molar-refractivity contribution in [3.05, 3.63) is 0 Å². The number of hydrogen-bond donors (Lipinski definition) is 1. The highest BCUT2D eigenvalue weighted by Crippen LogP contribution is 2.46. The Bertz CT molecular complexity index is 478. The molecular formula is C13H18N2O6. The molecule has 116 valence electrons. The monoisotopic (exact) mass is 298 g/mol. The first-order valence-corrected chi connectivity index (χ1v) is 6.30. The first-order valence-electron chi connectivity index (χ1n) is 6.30. The van der Waals surface area contributed by atoms with Crippen LogP contribution in [0.25, 0.3) is 0 Å². The molecular weight excluding hydrogens is 280 g/mol. The van der Waals surface area contributed by atoms with Crippen LogP contribution < -0.4 is 0 Å². The molecule has 0 unspecified atom stereocenters. The zero-order chi connectivity index (χ0) is 16.4. The number of carbonyl (C=O) groups is 3. The minimum absolute atomic E-state index is 0.221. The van der Waals surface area contributed by atoms with Gasteiger partial charge in [-0.05, 0) is 20.8 Å². The Morgan fingerprint density at radius 3 is 2.38 bits per heavy atom. The van der Waals surface area contributed by atoms with E-state index in [1.807, 2.05) is 0 Å². The van der Waals surface area contributed by atoms with Gasteiger partial charge in [-0.25, -0.2) is 9.69 Å². The average Bonchev–Trinajstić information content (AvgIpc) is 3.10. The fourth-order valence-corrected chi connectivity index (χ4v) is 2.13. The lowest BCUT2D eigenvalue weighted by atomic mass is 10.2. The molecule has 0 aromatic carbocycles. The number of carbonyl (C=O) groups excluding carboxylic acids is 3. The van der Waals surface area contributed by atoms with Gasteiger partial charge in [0.1, 0.15) is 11.7 Å². The number of ether oxygens (including phenoxy) is 2. The molecule has 0 aliphatic heterocycles. The molecule has 2 amide bonds. The lowest BCUT2D eigenvalue weighted by molar-refractivity contribution is -0.143. The summed E-state index contributed by atoms with van der Waals surface area (Å²) in [6.45, 7) is 4.88. The fourth-order valence-electron chi connectivity index (χ4n) is 2.13. The van der Waals surface area contributed by atoms with Crippen LogP contribution in [0.3, 0.4) is 0 Å². The Morgan fingerprint density at radius 1 is 1.43 bits per heavy atom. The van der Waals surface area contributed by atoms with Crippen molar-refractivity contribution >= 4 is 18.5 Å². The Hall–Kier alpha value is -2.14. The van der Waals surface area contributed by atoms with Crippen LogP contribution in [-0.4, -0.2) is 53.3 Å². The molecule has 1 saturated carbocycles. The third-order valence-electron chi connectivity index (χ3n) is 3.05. The Labute approximate surface area is 122 Å². The molecule has 4 atom stereocenters. The van der Waals surface area contributed by atoms with Crippen LogP contribution in [0.15, 0.2) is 0 Å². The van der Waals surface area contributed by atoms with Crippen LogP contribution in [0.2, 0.25) is 0 Å². The summed E-state index contributed by atoms with van der Waals surface area (Å²) in [4.78, 5) is 35.4. The predicted molar refractivity (Wildman–Crippen MR) is 68.5 cm³/mol. The third-order valence-corrected chi connectivity index (χ3v) is 3.05. The lowest BCUT2D eigenvalue weighted by Gasteiger charge is -2.24. The van der Waals surface area contributed by atoms with Gasteiger partial charge in [0.05, 0.1) is 25.1 Å². The minimum Gasteiger partial charge on any atom is -0.469 e. The summed E-state index contributed by atoms with van der Waals surface area (Å²) in [6.07, 6.45) is -2.20. The van der Waals surface area contributed by atoms with Gasteiger partial charge in [-0.2, -0.15) is 5.26 Å². The second-order valence-corrected chi connectivity index (χ2v) is 5.68. The first-order chi connectivity index (χ1) is 9.67. The highest BCUT2D eigenvalue weighted by Gasteiger charge is 2.63. The Balaban J connectivity index is 2.94.